The van der Waals surface area contributed by atoms with Crippen molar-refractivity contribution in [2.24, 2.45) is 0 Å². The minimum absolute atomic E-state index is 0.350. The zero-order chi connectivity index (χ0) is 17.9. The number of hydrogen-bond donors (Lipinski definition) is 0. The maximum absolute atomic E-state index is 6.00. The lowest BCUT2D eigenvalue weighted by atomic mass is 10.2. The molecule has 0 spiro atoms. The molecule has 0 N–H and O–H groups in total. The lowest BCUT2D eigenvalue weighted by Crippen LogP contribution is -2.24. The van der Waals surface area contributed by atoms with Crippen LogP contribution in [-0.2, 0) is 18.1 Å². The van der Waals surface area contributed by atoms with Crippen LogP contribution in [0.2, 0.25) is 0 Å². The van der Waals surface area contributed by atoms with Gasteiger partial charge in [-0.25, -0.2) is 4.98 Å². The topological polar surface area (TPSA) is 58.4 Å². The third kappa shape index (κ3) is 4.09. The van der Waals surface area contributed by atoms with E-state index in [1.165, 1.54) is 6.33 Å². The van der Waals surface area contributed by atoms with Gasteiger partial charge in [-0.2, -0.15) is 4.98 Å². The van der Waals surface area contributed by atoms with Crippen LogP contribution in [0.25, 0.3) is 11.0 Å². The minimum Gasteiger partial charge on any atom is -0.493 e. The third-order valence-corrected chi connectivity index (χ3v) is 3.55. The van der Waals surface area contributed by atoms with E-state index in [0.717, 1.165) is 11.1 Å². The van der Waals surface area contributed by atoms with E-state index >= 15 is 0 Å². The van der Waals surface area contributed by atoms with Crippen molar-refractivity contribution in [1.82, 2.24) is 14.5 Å². The third-order valence-electron chi connectivity index (χ3n) is 3.55. The number of ether oxygens (including phenoxy) is 3. The van der Waals surface area contributed by atoms with Crippen molar-refractivity contribution in [3.05, 3.63) is 48.4 Å². The SMILES string of the molecule is COc1cn(COCc2ccccc2)c2c(OC(C)(C)C)ncnc12. The Hall–Kier alpha value is -2.60. The molecule has 0 aliphatic rings. The van der Waals surface area contributed by atoms with Crippen molar-refractivity contribution < 1.29 is 14.2 Å². The first-order valence-corrected chi connectivity index (χ1v) is 8.16. The molecule has 0 bridgehead atoms. The highest BCUT2D eigenvalue weighted by molar-refractivity contribution is 5.86. The Morgan fingerprint density at radius 1 is 1.08 bits per heavy atom. The number of methoxy groups -OCH3 is 1. The zero-order valence-electron chi connectivity index (χ0n) is 15.0. The van der Waals surface area contributed by atoms with Gasteiger partial charge in [0.15, 0.2) is 5.75 Å². The van der Waals surface area contributed by atoms with Crippen molar-refractivity contribution in [2.75, 3.05) is 7.11 Å². The smallest absolute Gasteiger partial charge is 0.242 e. The highest BCUT2D eigenvalue weighted by Gasteiger charge is 2.20. The number of benzene rings is 1. The van der Waals surface area contributed by atoms with Crippen LogP contribution in [0.5, 0.6) is 11.6 Å². The van der Waals surface area contributed by atoms with Crippen molar-refractivity contribution in [1.29, 1.82) is 0 Å². The summed E-state index contributed by atoms with van der Waals surface area (Å²) in [6.45, 7) is 6.82. The maximum Gasteiger partial charge on any atom is 0.242 e. The number of rotatable bonds is 6. The van der Waals surface area contributed by atoms with Gasteiger partial charge in [-0.3, -0.25) is 0 Å². The molecule has 2 aromatic heterocycles. The van der Waals surface area contributed by atoms with Crippen LogP contribution in [-0.4, -0.2) is 27.2 Å². The van der Waals surface area contributed by atoms with Crippen LogP contribution >= 0.6 is 0 Å². The molecule has 0 fully saturated rings. The average Bonchev–Trinajstić information content (AvgIpc) is 2.94. The minimum atomic E-state index is -0.367. The maximum atomic E-state index is 6.00. The molecule has 1 aromatic carbocycles. The van der Waals surface area contributed by atoms with Gasteiger partial charge in [-0.15, -0.1) is 0 Å². The molecule has 0 unspecified atom stereocenters. The Morgan fingerprint density at radius 2 is 1.84 bits per heavy atom. The van der Waals surface area contributed by atoms with Gasteiger partial charge in [0.2, 0.25) is 5.88 Å². The molecule has 6 nitrogen and oxygen atoms in total. The van der Waals surface area contributed by atoms with Crippen molar-refractivity contribution in [2.45, 2.75) is 39.7 Å². The van der Waals surface area contributed by atoms with E-state index in [0.29, 0.717) is 30.5 Å². The van der Waals surface area contributed by atoms with E-state index in [1.54, 1.807) is 7.11 Å². The van der Waals surface area contributed by atoms with Gasteiger partial charge in [-0.05, 0) is 26.3 Å². The predicted molar refractivity (Wildman–Crippen MR) is 95.7 cm³/mol. The fourth-order valence-electron chi connectivity index (χ4n) is 2.52. The van der Waals surface area contributed by atoms with E-state index in [1.807, 2.05) is 61.9 Å². The molecule has 132 valence electrons. The summed E-state index contributed by atoms with van der Waals surface area (Å²) in [5, 5.41) is 0. The van der Waals surface area contributed by atoms with Crippen molar-refractivity contribution in [3.8, 4) is 11.6 Å². The quantitative estimate of drug-likeness (QED) is 0.683. The Labute approximate surface area is 147 Å². The fraction of sp³-hybridized carbons (Fsp3) is 0.368. The number of aromatic nitrogens is 3. The van der Waals surface area contributed by atoms with Crippen LogP contribution < -0.4 is 9.47 Å². The van der Waals surface area contributed by atoms with Crippen molar-refractivity contribution in [3.63, 3.8) is 0 Å². The van der Waals surface area contributed by atoms with Gasteiger partial charge in [0.05, 0.1) is 19.9 Å². The molecule has 3 rings (SSSR count). The molecular formula is C19H23N3O3. The van der Waals surface area contributed by atoms with Gasteiger partial charge in [0.1, 0.15) is 29.7 Å². The van der Waals surface area contributed by atoms with Crippen LogP contribution in [0.1, 0.15) is 26.3 Å². The monoisotopic (exact) mass is 341 g/mol. The molecule has 3 aromatic rings. The molecular weight excluding hydrogens is 318 g/mol. The summed E-state index contributed by atoms with van der Waals surface area (Å²) in [4.78, 5) is 8.64. The first kappa shape index (κ1) is 17.2. The summed E-state index contributed by atoms with van der Waals surface area (Å²) in [5.74, 6) is 1.18. The molecule has 2 heterocycles. The highest BCUT2D eigenvalue weighted by Crippen LogP contribution is 2.32. The van der Waals surface area contributed by atoms with E-state index in [4.69, 9.17) is 14.2 Å². The molecule has 0 amide bonds. The number of fused-ring (bicyclic) bond motifs is 1. The lowest BCUT2D eigenvalue weighted by molar-refractivity contribution is 0.0654. The molecule has 0 radical (unpaired) electrons. The normalized spacial score (nSPS) is 11.7. The lowest BCUT2D eigenvalue weighted by Gasteiger charge is -2.21. The largest absolute Gasteiger partial charge is 0.493 e. The van der Waals surface area contributed by atoms with E-state index in [9.17, 15) is 0 Å². The van der Waals surface area contributed by atoms with Gasteiger partial charge in [-0.1, -0.05) is 30.3 Å². The van der Waals surface area contributed by atoms with Crippen LogP contribution in [0, 0.1) is 0 Å². The van der Waals surface area contributed by atoms with Gasteiger partial charge in [0.25, 0.3) is 0 Å². The summed E-state index contributed by atoms with van der Waals surface area (Å²) < 4.78 is 19.2. The zero-order valence-corrected chi connectivity index (χ0v) is 15.0. The van der Waals surface area contributed by atoms with Crippen LogP contribution in [0.3, 0.4) is 0 Å². The molecule has 0 saturated carbocycles. The standard InChI is InChI=1S/C19H23N3O3/c1-19(2,3)25-18-17-16(20-12-21-18)15(23-4)10-22(17)13-24-11-14-8-6-5-7-9-14/h5-10,12H,11,13H2,1-4H3. The van der Waals surface area contributed by atoms with E-state index in [-0.39, 0.29) is 5.60 Å². The summed E-state index contributed by atoms with van der Waals surface area (Å²) in [6.07, 6.45) is 3.35. The first-order valence-electron chi connectivity index (χ1n) is 8.16. The van der Waals surface area contributed by atoms with Crippen LogP contribution in [0.4, 0.5) is 0 Å². The molecule has 6 heteroatoms. The molecule has 0 aliphatic heterocycles. The molecule has 0 saturated heterocycles. The first-order chi connectivity index (χ1) is 12.0. The summed E-state index contributed by atoms with van der Waals surface area (Å²) >= 11 is 0. The second kappa shape index (κ2) is 7.11. The van der Waals surface area contributed by atoms with Gasteiger partial charge >= 0.3 is 0 Å². The van der Waals surface area contributed by atoms with E-state index < -0.39 is 0 Å². The van der Waals surface area contributed by atoms with Crippen molar-refractivity contribution >= 4 is 11.0 Å². The second-order valence-corrected chi connectivity index (χ2v) is 6.72. The Kier molecular flexibility index (Phi) is 4.90. The summed E-state index contributed by atoms with van der Waals surface area (Å²) in [7, 11) is 1.62. The number of nitrogens with zero attached hydrogens (tertiary/aromatic N) is 3. The Balaban J connectivity index is 1.88. The fourth-order valence-corrected chi connectivity index (χ4v) is 2.52. The second-order valence-electron chi connectivity index (χ2n) is 6.72. The number of hydrogen-bond acceptors (Lipinski definition) is 5. The van der Waals surface area contributed by atoms with Gasteiger partial charge in [0, 0.05) is 0 Å². The van der Waals surface area contributed by atoms with Crippen LogP contribution in [0.15, 0.2) is 42.9 Å². The Morgan fingerprint density at radius 3 is 2.52 bits per heavy atom. The summed E-state index contributed by atoms with van der Waals surface area (Å²) in [6, 6.07) is 10.0. The highest BCUT2D eigenvalue weighted by atomic mass is 16.5. The predicted octanol–water partition coefficient (Wildman–Crippen LogP) is 3.79. The summed E-state index contributed by atoms with van der Waals surface area (Å²) in [5.41, 5.74) is 2.23. The molecule has 0 atom stereocenters. The molecule has 0 aliphatic carbocycles. The average molecular weight is 341 g/mol. The molecule has 25 heavy (non-hydrogen) atoms. The van der Waals surface area contributed by atoms with E-state index in [2.05, 4.69) is 9.97 Å². The van der Waals surface area contributed by atoms with Gasteiger partial charge < -0.3 is 18.8 Å². The Bertz CT molecular complexity index is 838.